The van der Waals surface area contributed by atoms with E-state index in [1.807, 2.05) is 6.08 Å². The minimum Gasteiger partial charge on any atom is -0.394 e. The van der Waals surface area contributed by atoms with Crippen molar-refractivity contribution in [3.63, 3.8) is 0 Å². The van der Waals surface area contributed by atoms with E-state index in [0.29, 0.717) is 6.61 Å². The Morgan fingerprint density at radius 2 is 1.25 bits per heavy atom. The van der Waals surface area contributed by atoms with E-state index in [2.05, 4.69) is 13.5 Å². The number of allylic oxidation sites excluding steroid dienone is 1. The molecule has 0 aromatic rings. The first-order valence-corrected chi connectivity index (χ1v) is 12.3. The molecular formula is C25H50O3. The summed E-state index contributed by atoms with van der Waals surface area (Å²) in [5, 5.41) is 19.6. The molecule has 0 aromatic carbocycles. The number of aliphatic hydroxyl groups excluding tert-OH is 2. The standard InChI is InChI=1S/C25H50O3/c1-3-5-7-9-10-11-12-13-14-15-16-17-18-19-21-24(27)25(23-26)28-22-20-8-6-4-2/h4,24-27H,2-3,5-23H2,1H3. The van der Waals surface area contributed by atoms with Crippen molar-refractivity contribution < 1.29 is 14.9 Å². The van der Waals surface area contributed by atoms with Crippen molar-refractivity contribution in [2.75, 3.05) is 13.2 Å². The van der Waals surface area contributed by atoms with Crippen LogP contribution in [-0.2, 0) is 4.74 Å². The first-order chi connectivity index (χ1) is 13.8. The molecule has 0 aliphatic rings. The van der Waals surface area contributed by atoms with Crippen LogP contribution in [-0.4, -0.2) is 35.6 Å². The number of ether oxygens (including phenoxy) is 1. The van der Waals surface area contributed by atoms with Gasteiger partial charge in [-0.05, 0) is 25.7 Å². The summed E-state index contributed by atoms with van der Waals surface area (Å²) >= 11 is 0. The lowest BCUT2D eigenvalue weighted by atomic mass is 10.0. The molecule has 0 spiro atoms. The van der Waals surface area contributed by atoms with Crippen molar-refractivity contribution in [2.45, 2.75) is 135 Å². The van der Waals surface area contributed by atoms with Gasteiger partial charge >= 0.3 is 0 Å². The number of rotatable bonds is 23. The van der Waals surface area contributed by atoms with Crippen molar-refractivity contribution >= 4 is 0 Å². The van der Waals surface area contributed by atoms with E-state index < -0.39 is 12.2 Å². The average Bonchev–Trinajstić information content (AvgIpc) is 2.70. The molecule has 0 aromatic heterocycles. The van der Waals surface area contributed by atoms with E-state index in [1.54, 1.807) is 0 Å². The van der Waals surface area contributed by atoms with Crippen molar-refractivity contribution in [3.05, 3.63) is 12.7 Å². The zero-order valence-corrected chi connectivity index (χ0v) is 18.9. The third kappa shape index (κ3) is 19.0. The van der Waals surface area contributed by atoms with Crippen LogP contribution in [0.25, 0.3) is 0 Å². The molecule has 28 heavy (non-hydrogen) atoms. The summed E-state index contributed by atoms with van der Waals surface area (Å²) in [4.78, 5) is 0. The Morgan fingerprint density at radius 3 is 1.71 bits per heavy atom. The maximum absolute atomic E-state index is 10.2. The van der Waals surface area contributed by atoms with Gasteiger partial charge in [-0.2, -0.15) is 0 Å². The van der Waals surface area contributed by atoms with Gasteiger partial charge in [0.25, 0.3) is 0 Å². The number of hydrogen-bond acceptors (Lipinski definition) is 3. The molecular weight excluding hydrogens is 348 g/mol. The maximum atomic E-state index is 10.2. The average molecular weight is 399 g/mol. The van der Waals surface area contributed by atoms with E-state index in [1.165, 1.54) is 83.5 Å². The third-order valence-electron chi connectivity index (χ3n) is 5.60. The van der Waals surface area contributed by atoms with E-state index in [9.17, 15) is 10.2 Å². The predicted molar refractivity (Wildman–Crippen MR) is 122 cm³/mol. The van der Waals surface area contributed by atoms with Crippen molar-refractivity contribution in [2.24, 2.45) is 0 Å². The van der Waals surface area contributed by atoms with E-state index >= 15 is 0 Å². The van der Waals surface area contributed by atoms with Crippen LogP contribution >= 0.6 is 0 Å². The molecule has 0 aliphatic heterocycles. The Labute approximate surface area is 176 Å². The lowest BCUT2D eigenvalue weighted by Crippen LogP contribution is -2.32. The lowest BCUT2D eigenvalue weighted by molar-refractivity contribution is -0.0670. The van der Waals surface area contributed by atoms with Gasteiger partial charge in [-0.1, -0.05) is 103 Å². The molecule has 3 heteroatoms. The summed E-state index contributed by atoms with van der Waals surface area (Å²) in [6, 6.07) is 0. The molecule has 2 atom stereocenters. The highest BCUT2D eigenvalue weighted by molar-refractivity contribution is 4.69. The fourth-order valence-electron chi connectivity index (χ4n) is 3.64. The number of aliphatic hydroxyl groups is 2. The Bertz CT molecular complexity index is 306. The fraction of sp³-hybridized carbons (Fsp3) is 0.920. The molecule has 2 unspecified atom stereocenters. The molecule has 168 valence electrons. The second-order valence-corrected chi connectivity index (χ2v) is 8.33. The second kappa shape index (κ2) is 22.9. The zero-order valence-electron chi connectivity index (χ0n) is 18.9. The normalized spacial score (nSPS) is 13.5. The van der Waals surface area contributed by atoms with Gasteiger partial charge in [-0.3, -0.25) is 0 Å². The van der Waals surface area contributed by atoms with Crippen molar-refractivity contribution in [1.29, 1.82) is 0 Å². The Balaban J connectivity index is 3.38. The molecule has 2 N–H and O–H groups in total. The SMILES string of the molecule is C=CCCCCOC(CO)C(O)CCCCCCCCCCCCCCCC. The third-order valence-corrected chi connectivity index (χ3v) is 5.60. The largest absolute Gasteiger partial charge is 0.394 e. The summed E-state index contributed by atoms with van der Waals surface area (Å²) in [5.74, 6) is 0. The van der Waals surface area contributed by atoms with Crippen LogP contribution in [0.3, 0.4) is 0 Å². The van der Waals surface area contributed by atoms with E-state index in [4.69, 9.17) is 4.74 Å². The smallest absolute Gasteiger partial charge is 0.106 e. The van der Waals surface area contributed by atoms with Crippen LogP contribution in [0.1, 0.15) is 122 Å². The number of hydrogen-bond donors (Lipinski definition) is 2. The molecule has 0 saturated carbocycles. The highest BCUT2D eigenvalue weighted by Crippen LogP contribution is 2.15. The van der Waals surface area contributed by atoms with Crippen molar-refractivity contribution in [1.82, 2.24) is 0 Å². The first-order valence-electron chi connectivity index (χ1n) is 12.3. The molecule has 0 bridgehead atoms. The molecule has 0 fully saturated rings. The summed E-state index contributed by atoms with van der Waals surface area (Å²) in [7, 11) is 0. The summed E-state index contributed by atoms with van der Waals surface area (Å²) < 4.78 is 5.63. The molecule has 0 rings (SSSR count). The van der Waals surface area contributed by atoms with Crippen molar-refractivity contribution in [3.8, 4) is 0 Å². The predicted octanol–water partition coefficient (Wildman–Crippen LogP) is 6.95. The van der Waals surface area contributed by atoms with Gasteiger partial charge in [0.1, 0.15) is 6.10 Å². The summed E-state index contributed by atoms with van der Waals surface area (Å²) in [6.07, 6.45) is 23.4. The first kappa shape index (κ1) is 27.6. The quantitative estimate of drug-likeness (QED) is 0.145. The minimum atomic E-state index is -0.540. The summed E-state index contributed by atoms with van der Waals surface area (Å²) in [5.41, 5.74) is 0. The van der Waals surface area contributed by atoms with Gasteiger partial charge in [-0.15, -0.1) is 6.58 Å². The lowest BCUT2D eigenvalue weighted by Gasteiger charge is -2.21. The van der Waals surface area contributed by atoms with Gasteiger partial charge in [0.05, 0.1) is 12.7 Å². The fourth-order valence-corrected chi connectivity index (χ4v) is 3.64. The van der Waals surface area contributed by atoms with Crippen LogP contribution in [0.2, 0.25) is 0 Å². The van der Waals surface area contributed by atoms with Gasteiger partial charge in [0, 0.05) is 6.61 Å². The van der Waals surface area contributed by atoms with Crippen LogP contribution in [0.15, 0.2) is 12.7 Å². The Kier molecular flexibility index (Phi) is 22.6. The van der Waals surface area contributed by atoms with E-state index in [0.717, 1.165) is 32.1 Å². The van der Waals surface area contributed by atoms with Gasteiger partial charge in [0.2, 0.25) is 0 Å². The molecule has 0 heterocycles. The monoisotopic (exact) mass is 398 g/mol. The van der Waals surface area contributed by atoms with Crippen LogP contribution < -0.4 is 0 Å². The van der Waals surface area contributed by atoms with Gasteiger partial charge in [0.15, 0.2) is 0 Å². The molecule has 0 radical (unpaired) electrons. The van der Waals surface area contributed by atoms with Crippen LogP contribution in [0, 0.1) is 0 Å². The number of unbranched alkanes of at least 4 members (excludes halogenated alkanes) is 15. The molecule has 0 saturated heterocycles. The molecule has 0 aliphatic carbocycles. The maximum Gasteiger partial charge on any atom is 0.106 e. The summed E-state index contributed by atoms with van der Waals surface area (Å²) in [6.45, 7) is 6.49. The van der Waals surface area contributed by atoms with Gasteiger partial charge < -0.3 is 14.9 Å². The zero-order chi connectivity index (χ0) is 20.7. The minimum absolute atomic E-state index is 0.0960. The van der Waals surface area contributed by atoms with Crippen LogP contribution in [0.4, 0.5) is 0 Å². The highest BCUT2D eigenvalue weighted by Gasteiger charge is 2.18. The van der Waals surface area contributed by atoms with Crippen LogP contribution in [0.5, 0.6) is 0 Å². The molecule has 0 amide bonds. The van der Waals surface area contributed by atoms with E-state index in [-0.39, 0.29) is 6.61 Å². The topological polar surface area (TPSA) is 49.7 Å². The van der Waals surface area contributed by atoms with Gasteiger partial charge in [-0.25, -0.2) is 0 Å². The Morgan fingerprint density at radius 1 is 0.750 bits per heavy atom. The molecule has 3 nitrogen and oxygen atoms in total. The Hall–Kier alpha value is -0.380. The second-order valence-electron chi connectivity index (χ2n) is 8.33. The highest BCUT2D eigenvalue weighted by atomic mass is 16.5.